The first-order valence-electron chi connectivity index (χ1n) is 4.52. The first-order valence-corrected chi connectivity index (χ1v) is 6.52. The van der Waals surface area contributed by atoms with Crippen LogP contribution in [-0.4, -0.2) is 13.8 Å². The van der Waals surface area contributed by atoms with E-state index in [1.54, 1.807) is 30.3 Å². The Kier molecular flexibility index (Phi) is 5.63. The van der Waals surface area contributed by atoms with Gasteiger partial charge in [-0.3, -0.25) is 0 Å². The number of halogens is 5. The lowest BCUT2D eigenvalue weighted by molar-refractivity contribution is -0.0349. The zero-order valence-electron chi connectivity index (χ0n) is 8.69. The Bertz CT molecular complexity index is 349. The summed E-state index contributed by atoms with van der Waals surface area (Å²) in [7, 11) is 0. The first kappa shape index (κ1) is 15.9. The minimum Gasteiger partial charge on any atom is -0.181 e. The van der Waals surface area contributed by atoms with Crippen LogP contribution in [0.25, 0.3) is 0 Å². The van der Waals surface area contributed by atoms with Gasteiger partial charge in [0.1, 0.15) is 0 Å². The summed E-state index contributed by atoms with van der Waals surface area (Å²) in [5.74, 6) is 0. The highest BCUT2D eigenvalue weighted by Gasteiger charge is 2.37. The molecule has 0 aromatic heterocycles. The van der Waals surface area contributed by atoms with Gasteiger partial charge in [-0.15, -0.1) is 0 Å². The number of hydrogen-bond donors (Lipinski definition) is 1. The molecule has 0 saturated carbocycles. The normalized spacial score (nSPS) is 13.1. The molecule has 0 heterocycles. The topological polar surface area (TPSA) is 3.24 Å². The van der Waals surface area contributed by atoms with E-state index in [9.17, 15) is 22.0 Å². The summed E-state index contributed by atoms with van der Waals surface area (Å²) in [6, 6.07) is 8.04. The Morgan fingerprint density at radius 3 is 2.00 bits per heavy atom. The lowest BCUT2D eigenvalue weighted by Crippen LogP contribution is -2.18. The molecule has 0 unspecified atom stereocenters. The summed E-state index contributed by atoms with van der Waals surface area (Å²) in [5.41, 5.74) is -4.12. The van der Waals surface area contributed by atoms with Crippen LogP contribution in [0.3, 0.4) is 0 Å². The standard InChI is InChI=1S/C9H8F5NS3/c10-8(11,12)17-15(18-9(13,14)16)6-7-4-2-1-3-5-7/h1-5,16H,6H2. The largest absolute Gasteiger partial charge is 0.457 e. The lowest BCUT2D eigenvalue weighted by atomic mass is 10.2. The average Bonchev–Trinajstić information content (AvgIpc) is 2.13. The molecule has 1 aromatic carbocycles. The smallest absolute Gasteiger partial charge is 0.181 e. The zero-order valence-corrected chi connectivity index (χ0v) is 11.2. The number of rotatable bonds is 5. The number of thiol groups is 1. The van der Waals surface area contributed by atoms with E-state index in [-0.39, 0.29) is 18.5 Å². The van der Waals surface area contributed by atoms with Crippen LogP contribution in [0.1, 0.15) is 5.56 Å². The van der Waals surface area contributed by atoms with Gasteiger partial charge in [0.05, 0.1) is 0 Å². The average molecular weight is 321 g/mol. The fourth-order valence-corrected chi connectivity index (χ4v) is 3.10. The van der Waals surface area contributed by atoms with Crippen molar-refractivity contribution in [2.45, 2.75) is 16.6 Å². The van der Waals surface area contributed by atoms with Crippen LogP contribution in [0.5, 0.6) is 0 Å². The van der Waals surface area contributed by atoms with E-state index in [2.05, 4.69) is 12.6 Å². The second-order valence-corrected chi connectivity index (χ2v) is 6.41. The molecule has 0 atom stereocenters. The van der Waals surface area contributed by atoms with E-state index in [0.717, 1.165) is 0 Å². The third kappa shape index (κ3) is 7.34. The lowest BCUT2D eigenvalue weighted by Gasteiger charge is -2.23. The van der Waals surface area contributed by atoms with Gasteiger partial charge in [0, 0.05) is 30.4 Å². The molecule has 0 saturated heterocycles. The molecule has 0 aliphatic carbocycles. The van der Waals surface area contributed by atoms with Crippen LogP contribution < -0.4 is 0 Å². The second kappa shape index (κ2) is 6.36. The Morgan fingerprint density at radius 2 is 1.56 bits per heavy atom. The molecule has 0 bridgehead atoms. The summed E-state index contributed by atoms with van der Waals surface area (Å²) in [5, 5.41) is 0. The van der Waals surface area contributed by atoms with Gasteiger partial charge in [-0.05, 0) is 5.56 Å². The fraction of sp³-hybridized carbons (Fsp3) is 0.333. The maximum Gasteiger partial charge on any atom is 0.457 e. The minimum absolute atomic E-state index is 0.269. The van der Waals surface area contributed by atoms with Gasteiger partial charge < -0.3 is 0 Å². The first-order chi connectivity index (χ1) is 8.16. The molecule has 0 N–H and O–H groups in total. The predicted molar refractivity (Wildman–Crippen MR) is 67.2 cm³/mol. The molecule has 1 rings (SSSR count). The molecule has 0 aliphatic heterocycles. The van der Waals surface area contributed by atoms with Crippen LogP contribution in [-0.2, 0) is 6.54 Å². The number of alkyl halides is 5. The van der Waals surface area contributed by atoms with Crippen LogP contribution in [0, 0.1) is 0 Å². The minimum atomic E-state index is -4.62. The zero-order chi connectivity index (χ0) is 13.8. The molecule has 0 aliphatic rings. The van der Waals surface area contributed by atoms with Crippen molar-refractivity contribution in [3.63, 3.8) is 0 Å². The highest BCUT2D eigenvalue weighted by atomic mass is 32.2. The van der Waals surface area contributed by atoms with Crippen molar-refractivity contribution in [2.75, 3.05) is 0 Å². The molecule has 1 nitrogen and oxygen atoms in total. The highest BCUT2D eigenvalue weighted by molar-refractivity contribution is 8.17. The molecule has 0 fully saturated rings. The maximum absolute atomic E-state index is 12.7. The van der Waals surface area contributed by atoms with Crippen molar-refractivity contribution in [3.05, 3.63) is 35.9 Å². The molecule has 18 heavy (non-hydrogen) atoms. The van der Waals surface area contributed by atoms with Crippen molar-refractivity contribution in [3.8, 4) is 0 Å². The third-order valence-electron chi connectivity index (χ3n) is 1.57. The van der Waals surface area contributed by atoms with Gasteiger partial charge in [-0.25, -0.2) is 0 Å². The van der Waals surface area contributed by atoms with Gasteiger partial charge in [-0.1, -0.05) is 43.0 Å². The van der Waals surface area contributed by atoms with E-state index >= 15 is 0 Å². The number of nitrogens with zero attached hydrogens (tertiary/aromatic N) is 1. The Morgan fingerprint density at radius 1 is 1.00 bits per heavy atom. The molecular weight excluding hydrogens is 313 g/mol. The quantitative estimate of drug-likeness (QED) is 0.360. The summed E-state index contributed by atoms with van der Waals surface area (Å²) in [4.78, 5) is 0. The van der Waals surface area contributed by atoms with E-state index in [0.29, 0.717) is 9.27 Å². The molecule has 0 spiro atoms. The van der Waals surface area contributed by atoms with Gasteiger partial charge >= 0.3 is 10.1 Å². The van der Waals surface area contributed by atoms with Crippen molar-refractivity contribution < 1.29 is 22.0 Å². The van der Waals surface area contributed by atoms with E-state index in [4.69, 9.17) is 0 Å². The Labute approximate surface area is 115 Å². The Balaban J connectivity index is 2.72. The van der Waals surface area contributed by atoms with Crippen molar-refractivity contribution in [1.29, 1.82) is 0 Å². The second-order valence-electron chi connectivity index (χ2n) is 3.09. The molecule has 0 amide bonds. The predicted octanol–water partition coefficient (Wildman–Crippen LogP) is 4.78. The molecule has 102 valence electrons. The summed E-state index contributed by atoms with van der Waals surface area (Å²) in [6.07, 6.45) is 0. The van der Waals surface area contributed by atoms with Crippen molar-refractivity contribution in [2.24, 2.45) is 0 Å². The third-order valence-corrected chi connectivity index (χ3v) is 3.36. The summed E-state index contributed by atoms with van der Waals surface area (Å²) in [6.45, 7) is -0.272. The monoisotopic (exact) mass is 321 g/mol. The number of hydrogen-bond acceptors (Lipinski definition) is 4. The van der Waals surface area contributed by atoms with Crippen LogP contribution in [0.4, 0.5) is 22.0 Å². The van der Waals surface area contributed by atoms with Crippen LogP contribution in [0.15, 0.2) is 30.3 Å². The van der Waals surface area contributed by atoms with Crippen LogP contribution >= 0.6 is 36.5 Å². The highest BCUT2D eigenvalue weighted by Crippen LogP contribution is 2.45. The number of benzene rings is 1. The van der Waals surface area contributed by atoms with Gasteiger partial charge in [0.15, 0.2) is 0 Å². The van der Waals surface area contributed by atoms with Crippen molar-refractivity contribution >= 4 is 36.5 Å². The van der Waals surface area contributed by atoms with Gasteiger partial charge in [-0.2, -0.15) is 25.7 Å². The van der Waals surface area contributed by atoms with Gasteiger partial charge in [0.25, 0.3) is 0 Å². The summed E-state index contributed by atoms with van der Waals surface area (Å²) < 4.78 is 58.9. The van der Waals surface area contributed by atoms with E-state index in [1.165, 1.54) is 0 Å². The van der Waals surface area contributed by atoms with Gasteiger partial charge in [0.2, 0.25) is 0 Å². The molecule has 0 radical (unpaired) electrons. The molecular formula is C9H8F5NS3. The Hall–Kier alpha value is -0.120. The SMILES string of the molecule is FC(F)(F)SN(Cc1ccccc1)SC(F)(F)S. The molecule has 1 aromatic rings. The fourth-order valence-electron chi connectivity index (χ4n) is 1.05. The molecule has 9 heteroatoms. The summed E-state index contributed by atoms with van der Waals surface area (Å²) >= 11 is 2.04. The van der Waals surface area contributed by atoms with Crippen LogP contribution in [0.2, 0.25) is 0 Å². The van der Waals surface area contributed by atoms with Crippen molar-refractivity contribution in [1.82, 2.24) is 3.71 Å². The van der Waals surface area contributed by atoms with E-state index < -0.39 is 22.0 Å². The maximum atomic E-state index is 12.7. The van der Waals surface area contributed by atoms with E-state index in [1.807, 2.05) is 0 Å².